The second-order valence-electron chi connectivity index (χ2n) is 6.67. The number of benzene rings is 1. The van der Waals surface area contributed by atoms with Crippen LogP contribution in [-0.2, 0) is 17.6 Å². The molecule has 0 unspecified atom stereocenters. The molecule has 1 fully saturated rings. The maximum atomic E-state index is 12.7. The third kappa shape index (κ3) is 4.71. The molecule has 2 aromatic rings. The molecule has 25 heavy (non-hydrogen) atoms. The molecule has 134 valence electrons. The number of hydrogen-bond donors (Lipinski definition) is 2. The van der Waals surface area contributed by atoms with E-state index in [1.165, 1.54) is 5.56 Å². The van der Waals surface area contributed by atoms with Crippen LogP contribution >= 0.6 is 0 Å². The number of hydrogen-bond acceptors (Lipinski definition) is 4. The molecule has 2 N–H and O–H groups in total. The van der Waals surface area contributed by atoms with Crippen molar-refractivity contribution in [3.8, 4) is 0 Å². The van der Waals surface area contributed by atoms with Gasteiger partial charge in [0.15, 0.2) is 5.60 Å². The van der Waals surface area contributed by atoms with Crippen LogP contribution in [0.25, 0.3) is 0 Å². The standard InChI is InChI=1S/C20H26N2O3/c23-19-20(24,16-21-12-9-18-8-4-15-25-18)11-5-13-22(19)14-10-17-6-2-1-3-7-17/h1-4,6-8,15,21,24H,5,9-14,16H2/t20-/m0/s1. The van der Waals surface area contributed by atoms with E-state index in [0.29, 0.717) is 19.5 Å². The normalized spacial score (nSPS) is 20.8. The van der Waals surface area contributed by atoms with Crippen LogP contribution in [-0.4, -0.2) is 47.7 Å². The van der Waals surface area contributed by atoms with Gasteiger partial charge in [0.05, 0.1) is 6.26 Å². The summed E-state index contributed by atoms with van der Waals surface area (Å²) in [6.07, 6.45) is 4.56. The largest absolute Gasteiger partial charge is 0.469 e. The van der Waals surface area contributed by atoms with Crippen LogP contribution in [0.3, 0.4) is 0 Å². The van der Waals surface area contributed by atoms with Crippen molar-refractivity contribution >= 4 is 5.91 Å². The van der Waals surface area contributed by atoms with Crippen LogP contribution in [0.4, 0.5) is 0 Å². The number of aliphatic hydroxyl groups is 1. The maximum Gasteiger partial charge on any atom is 0.255 e. The Balaban J connectivity index is 1.47. The highest BCUT2D eigenvalue weighted by Gasteiger charge is 2.41. The molecule has 1 aromatic heterocycles. The topological polar surface area (TPSA) is 65.7 Å². The molecule has 0 spiro atoms. The predicted molar refractivity (Wildman–Crippen MR) is 96.2 cm³/mol. The molecule has 1 saturated heterocycles. The lowest BCUT2D eigenvalue weighted by Gasteiger charge is -2.38. The molecule has 5 nitrogen and oxygen atoms in total. The fraction of sp³-hybridized carbons (Fsp3) is 0.450. The number of furan rings is 1. The van der Waals surface area contributed by atoms with Gasteiger partial charge >= 0.3 is 0 Å². The molecule has 1 aliphatic rings. The minimum Gasteiger partial charge on any atom is -0.469 e. The first kappa shape index (κ1) is 17.7. The minimum atomic E-state index is -1.29. The Morgan fingerprint density at radius 3 is 2.76 bits per heavy atom. The van der Waals surface area contributed by atoms with Crippen molar-refractivity contribution in [1.29, 1.82) is 0 Å². The minimum absolute atomic E-state index is 0.153. The van der Waals surface area contributed by atoms with E-state index in [0.717, 1.165) is 31.6 Å². The summed E-state index contributed by atoms with van der Waals surface area (Å²) >= 11 is 0. The summed E-state index contributed by atoms with van der Waals surface area (Å²) in [7, 11) is 0. The summed E-state index contributed by atoms with van der Waals surface area (Å²) in [4.78, 5) is 14.5. The molecule has 1 aromatic carbocycles. The van der Waals surface area contributed by atoms with Gasteiger partial charge in [-0.3, -0.25) is 4.79 Å². The Labute approximate surface area is 148 Å². The van der Waals surface area contributed by atoms with E-state index < -0.39 is 5.60 Å². The second-order valence-corrected chi connectivity index (χ2v) is 6.67. The number of nitrogens with one attached hydrogen (secondary N) is 1. The highest BCUT2D eigenvalue weighted by atomic mass is 16.3. The molecule has 0 aliphatic carbocycles. The molecule has 1 amide bonds. The van der Waals surface area contributed by atoms with Gasteiger partial charge in [-0.2, -0.15) is 0 Å². The lowest BCUT2D eigenvalue weighted by atomic mass is 9.91. The van der Waals surface area contributed by atoms with Crippen molar-refractivity contribution in [2.75, 3.05) is 26.2 Å². The predicted octanol–water partition coefficient (Wildman–Crippen LogP) is 2.01. The summed E-state index contributed by atoms with van der Waals surface area (Å²) in [5.74, 6) is 0.749. The Hall–Kier alpha value is -2.11. The van der Waals surface area contributed by atoms with Crippen molar-refractivity contribution in [3.05, 3.63) is 60.1 Å². The number of likely N-dealkylation sites (tertiary alicyclic amines) is 1. The van der Waals surface area contributed by atoms with Crippen molar-refractivity contribution in [2.45, 2.75) is 31.3 Å². The zero-order valence-electron chi connectivity index (χ0n) is 14.5. The smallest absolute Gasteiger partial charge is 0.255 e. The van der Waals surface area contributed by atoms with Gasteiger partial charge < -0.3 is 19.7 Å². The van der Waals surface area contributed by atoms with Crippen LogP contribution < -0.4 is 5.32 Å². The zero-order valence-corrected chi connectivity index (χ0v) is 14.5. The van der Waals surface area contributed by atoms with Crippen molar-refractivity contribution < 1.29 is 14.3 Å². The molecule has 3 rings (SSSR count). The van der Waals surface area contributed by atoms with Gasteiger partial charge in [-0.05, 0) is 37.0 Å². The number of amides is 1. The van der Waals surface area contributed by atoms with E-state index in [9.17, 15) is 9.90 Å². The molecular formula is C20H26N2O3. The summed E-state index contributed by atoms with van der Waals surface area (Å²) in [6, 6.07) is 13.9. The quantitative estimate of drug-likeness (QED) is 0.720. The Bertz CT molecular complexity index is 657. The average molecular weight is 342 g/mol. The van der Waals surface area contributed by atoms with Crippen LogP contribution in [0.15, 0.2) is 53.1 Å². The Morgan fingerprint density at radius 1 is 1.16 bits per heavy atom. The van der Waals surface area contributed by atoms with Crippen molar-refractivity contribution in [1.82, 2.24) is 10.2 Å². The van der Waals surface area contributed by atoms with Gasteiger partial charge in [-0.1, -0.05) is 30.3 Å². The summed E-state index contributed by atoms with van der Waals surface area (Å²) in [6.45, 7) is 2.33. The van der Waals surface area contributed by atoms with Crippen LogP contribution in [0.1, 0.15) is 24.2 Å². The van der Waals surface area contributed by atoms with Crippen LogP contribution in [0.2, 0.25) is 0 Å². The van der Waals surface area contributed by atoms with E-state index in [1.807, 2.05) is 30.3 Å². The summed E-state index contributed by atoms with van der Waals surface area (Å²) in [5.41, 5.74) is -0.0843. The number of piperidine rings is 1. The second kappa shape index (κ2) is 8.32. The molecule has 1 aliphatic heterocycles. The number of rotatable bonds is 8. The molecule has 1 atom stereocenters. The van der Waals surface area contributed by atoms with Gasteiger partial charge in [-0.15, -0.1) is 0 Å². The third-order valence-electron chi connectivity index (χ3n) is 4.76. The van der Waals surface area contributed by atoms with Gasteiger partial charge in [0.1, 0.15) is 5.76 Å². The lowest BCUT2D eigenvalue weighted by molar-refractivity contribution is -0.156. The molecular weight excluding hydrogens is 316 g/mol. The Morgan fingerprint density at radius 2 is 2.00 bits per heavy atom. The summed E-state index contributed by atoms with van der Waals surface area (Å²) < 4.78 is 5.29. The van der Waals surface area contributed by atoms with E-state index in [1.54, 1.807) is 11.2 Å². The molecule has 5 heteroatoms. The first-order valence-corrected chi connectivity index (χ1v) is 8.96. The first-order chi connectivity index (χ1) is 12.2. The van der Waals surface area contributed by atoms with Crippen molar-refractivity contribution in [3.63, 3.8) is 0 Å². The average Bonchev–Trinajstić information content (AvgIpc) is 3.15. The van der Waals surface area contributed by atoms with Gasteiger partial charge in [0.2, 0.25) is 0 Å². The van der Waals surface area contributed by atoms with E-state index in [-0.39, 0.29) is 12.5 Å². The monoisotopic (exact) mass is 342 g/mol. The Kier molecular flexibility index (Phi) is 5.89. The van der Waals surface area contributed by atoms with Crippen molar-refractivity contribution in [2.24, 2.45) is 0 Å². The molecule has 2 heterocycles. The third-order valence-corrected chi connectivity index (χ3v) is 4.76. The fourth-order valence-electron chi connectivity index (χ4n) is 3.31. The van der Waals surface area contributed by atoms with Gasteiger partial charge in [0, 0.05) is 32.6 Å². The molecule has 0 bridgehead atoms. The highest BCUT2D eigenvalue weighted by Crippen LogP contribution is 2.22. The fourth-order valence-corrected chi connectivity index (χ4v) is 3.31. The SMILES string of the molecule is O=C1N(CCc2ccccc2)CCC[C@]1(O)CNCCc1ccco1. The molecule has 0 radical (unpaired) electrons. The highest BCUT2D eigenvalue weighted by molar-refractivity contribution is 5.86. The molecule has 0 saturated carbocycles. The summed E-state index contributed by atoms with van der Waals surface area (Å²) in [5, 5.41) is 14.0. The van der Waals surface area contributed by atoms with E-state index in [4.69, 9.17) is 4.42 Å². The maximum absolute atomic E-state index is 12.7. The van der Waals surface area contributed by atoms with Crippen LogP contribution in [0.5, 0.6) is 0 Å². The number of carbonyl (C=O) groups excluding carboxylic acids is 1. The number of carbonyl (C=O) groups is 1. The van der Waals surface area contributed by atoms with Gasteiger partial charge in [0.25, 0.3) is 5.91 Å². The van der Waals surface area contributed by atoms with E-state index in [2.05, 4.69) is 17.4 Å². The first-order valence-electron chi connectivity index (χ1n) is 8.96. The number of nitrogens with zero attached hydrogens (tertiary/aromatic N) is 1. The van der Waals surface area contributed by atoms with Gasteiger partial charge in [-0.25, -0.2) is 0 Å². The van der Waals surface area contributed by atoms with Crippen LogP contribution in [0, 0.1) is 0 Å². The zero-order chi connectivity index (χ0) is 17.5. The van der Waals surface area contributed by atoms with E-state index >= 15 is 0 Å². The lowest BCUT2D eigenvalue weighted by Crippen LogP contribution is -2.58.